The lowest BCUT2D eigenvalue weighted by Crippen LogP contribution is -2.71. The van der Waals surface area contributed by atoms with E-state index in [1.807, 2.05) is 21.3 Å². The van der Waals surface area contributed by atoms with E-state index in [1.54, 1.807) is 6.20 Å². The first-order chi connectivity index (χ1) is 22.4. The van der Waals surface area contributed by atoms with Crippen LogP contribution in [0.5, 0.6) is 0 Å². The molecule has 47 heavy (non-hydrogen) atoms. The molecule has 0 radical (unpaired) electrons. The maximum atomic E-state index is 13.4. The molecular weight excluding hydrogens is 676 g/mol. The van der Waals surface area contributed by atoms with Crippen molar-refractivity contribution in [1.82, 2.24) is 30.1 Å². The molecule has 20 heteroatoms. The van der Waals surface area contributed by atoms with E-state index in [2.05, 4.69) is 25.8 Å². The van der Waals surface area contributed by atoms with Crippen LogP contribution in [0.25, 0.3) is 11.2 Å². The van der Waals surface area contributed by atoms with Gasteiger partial charge in [-0.2, -0.15) is 0 Å². The highest BCUT2D eigenvalue weighted by Gasteiger charge is 2.54. The second-order valence-electron chi connectivity index (χ2n) is 11.1. The zero-order valence-corrected chi connectivity index (χ0v) is 27.1. The molecule has 2 saturated heterocycles. The van der Waals surface area contributed by atoms with Gasteiger partial charge in [-0.1, -0.05) is 28.1 Å². The van der Waals surface area contributed by atoms with Crippen molar-refractivity contribution in [1.29, 1.82) is 0 Å². The monoisotopic (exact) mass is 705 g/mol. The van der Waals surface area contributed by atoms with Crippen LogP contribution in [0.1, 0.15) is 19.0 Å². The molecule has 4 atom stereocenters. The number of rotatable bonds is 11. The molecule has 3 unspecified atom stereocenters. The van der Waals surface area contributed by atoms with Crippen LogP contribution < -0.4 is 26.7 Å². The summed E-state index contributed by atoms with van der Waals surface area (Å²) in [6.45, 7) is 3.89. The molecule has 0 spiro atoms. The fourth-order valence-corrected chi connectivity index (χ4v) is 7.92. The van der Waals surface area contributed by atoms with Gasteiger partial charge in [0.2, 0.25) is 6.10 Å². The SMILES string of the molecule is C[C@H](ON=C(C(=O)NC1C(=O)N2C(C(=O)O)=C(C[n+]3cccc4c3nc(N)n4CC3CCNC3)CSC12)c1nc(N)sc1Cl)C(=O)O. The van der Waals surface area contributed by atoms with Gasteiger partial charge in [0.1, 0.15) is 39.2 Å². The standard InChI is InChI=1S/C27H29ClN10O7S2/c1-11(24(41)42)45-35-16(15-19(28)47-27(30)33-15)21(39)32-17-22(40)38-18(25(43)44)13(10-46-23(17)38)9-36-6-2-3-14-20(36)34-26(29)37(14)8-12-4-5-31-7-12/h2-3,6,11-12,17,23,29,31H,4-5,7-10H2,1H3,(H5,30,32,33,39,41,42,43,44)/p+1/t11-,12?,17?,23?/m0/s1. The van der Waals surface area contributed by atoms with Gasteiger partial charge in [-0.15, -0.1) is 11.8 Å². The van der Waals surface area contributed by atoms with E-state index >= 15 is 0 Å². The van der Waals surface area contributed by atoms with Crippen molar-refractivity contribution in [3.8, 4) is 0 Å². The molecule has 2 amide bonds. The van der Waals surface area contributed by atoms with E-state index in [9.17, 15) is 24.3 Å². The van der Waals surface area contributed by atoms with Gasteiger partial charge >= 0.3 is 23.5 Å². The van der Waals surface area contributed by atoms with Gasteiger partial charge in [-0.05, 0) is 49.5 Å². The molecule has 3 aromatic rings. The first-order valence-corrected chi connectivity index (χ1v) is 16.6. The Morgan fingerprint density at radius 3 is 2.77 bits per heavy atom. The molecule has 3 aromatic heterocycles. The molecule has 6 heterocycles. The Balaban J connectivity index is 1.23. The van der Waals surface area contributed by atoms with E-state index in [1.165, 1.54) is 18.7 Å². The van der Waals surface area contributed by atoms with Gasteiger partial charge in [0.25, 0.3) is 11.8 Å². The van der Waals surface area contributed by atoms with Gasteiger partial charge in [0, 0.05) is 17.9 Å². The van der Waals surface area contributed by atoms with Crippen LogP contribution >= 0.6 is 34.7 Å². The highest BCUT2D eigenvalue weighted by atomic mass is 35.5. The third-order valence-corrected chi connectivity index (χ3v) is 10.4. The molecule has 2 fully saturated rings. The Morgan fingerprint density at radius 1 is 1.32 bits per heavy atom. The van der Waals surface area contributed by atoms with Gasteiger partial charge in [0.05, 0.1) is 6.20 Å². The summed E-state index contributed by atoms with van der Waals surface area (Å²) in [5.74, 6) is -3.21. The van der Waals surface area contributed by atoms with Crippen molar-refractivity contribution >= 4 is 86.4 Å². The fraction of sp³-hybridized carbons (Fsp3) is 0.407. The number of thioether (sulfide) groups is 1. The molecule has 248 valence electrons. The number of oxime groups is 1. The van der Waals surface area contributed by atoms with Crippen molar-refractivity contribution in [2.75, 3.05) is 30.3 Å². The number of pyridine rings is 1. The summed E-state index contributed by atoms with van der Waals surface area (Å²) in [6.07, 6.45) is 1.40. The number of carboxylic acid groups (broad SMARTS) is 2. The summed E-state index contributed by atoms with van der Waals surface area (Å²) in [5.41, 5.74) is 13.1. The smallest absolute Gasteiger partial charge is 0.352 e. The molecule has 3 aliphatic rings. The number of nitrogens with one attached hydrogen (secondary N) is 2. The van der Waals surface area contributed by atoms with E-state index in [4.69, 9.17) is 33.0 Å². The molecule has 3 aliphatic heterocycles. The number of hydrogen-bond acceptors (Lipinski definition) is 13. The minimum atomic E-state index is -1.41. The molecule has 0 aromatic carbocycles. The van der Waals surface area contributed by atoms with Crippen molar-refractivity contribution in [2.24, 2.45) is 11.1 Å². The van der Waals surface area contributed by atoms with Crippen LogP contribution in [0.15, 0.2) is 34.8 Å². The quantitative estimate of drug-likeness (QED) is 0.0658. The number of anilines is 2. The summed E-state index contributed by atoms with van der Waals surface area (Å²) in [4.78, 5) is 65.2. The maximum Gasteiger partial charge on any atom is 0.352 e. The maximum absolute atomic E-state index is 13.4. The number of nitrogen functional groups attached to an aromatic ring is 2. The number of carbonyl (C=O) groups is 4. The third-order valence-electron chi connectivity index (χ3n) is 8.00. The average molecular weight is 706 g/mol. The predicted molar refractivity (Wildman–Crippen MR) is 171 cm³/mol. The summed E-state index contributed by atoms with van der Waals surface area (Å²) in [5, 5.41) is 28.2. The zero-order valence-electron chi connectivity index (χ0n) is 24.8. The van der Waals surface area contributed by atoms with E-state index in [0.717, 1.165) is 41.3 Å². The Bertz CT molecular complexity index is 1850. The predicted octanol–water partition coefficient (Wildman–Crippen LogP) is -0.160. The fourth-order valence-electron chi connectivity index (χ4n) is 5.66. The van der Waals surface area contributed by atoms with Crippen molar-refractivity contribution in [3.05, 3.63) is 39.6 Å². The molecule has 0 aliphatic carbocycles. The normalized spacial score (nSPS) is 21.8. The van der Waals surface area contributed by atoms with Gasteiger partial charge in [-0.3, -0.25) is 19.1 Å². The number of fused-ring (bicyclic) bond motifs is 2. The second kappa shape index (κ2) is 13.0. The number of aromatic nitrogens is 4. The first kappa shape index (κ1) is 32.5. The molecular formula is C27H30ClN10O7S2+. The summed E-state index contributed by atoms with van der Waals surface area (Å²) in [6, 6.07) is 2.63. The Labute approximate surface area is 279 Å². The van der Waals surface area contributed by atoms with Gasteiger partial charge in [-0.25, -0.2) is 19.1 Å². The number of halogens is 1. The lowest BCUT2D eigenvalue weighted by atomic mass is 10.0. The Kier molecular flexibility index (Phi) is 8.97. The number of carbonyl (C=O) groups excluding carboxylic acids is 2. The van der Waals surface area contributed by atoms with E-state index < -0.39 is 47.0 Å². The number of hydrogen-bond donors (Lipinski definition) is 6. The lowest BCUT2D eigenvalue weighted by Gasteiger charge is -2.49. The van der Waals surface area contributed by atoms with E-state index in [0.29, 0.717) is 29.6 Å². The number of aliphatic carboxylic acids is 2. The van der Waals surface area contributed by atoms with Gasteiger partial charge in [0.15, 0.2) is 10.8 Å². The van der Waals surface area contributed by atoms with Crippen molar-refractivity contribution in [2.45, 2.75) is 44.0 Å². The average Bonchev–Trinajstić information content (AvgIpc) is 3.75. The molecule has 0 saturated carbocycles. The van der Waals surface area contributed by atoms with Crippen molar-refractivity contribution in [3.63, 3.8) is 0 Å². The summed E-state index contributed by atoms with van der Waals surface area (Å²) < 4.78 is 3.76. The highest BCUT2D eigenvalue weighted by molar-refractivity contribution is 8.00. The third kappa shape index (κ3) is 6.18. The van der Waals surface area contributed by atoms with Gasteiger partial charge < -0.3 is 37.2 Å². The Morgan fingerprint density at radius 2 is 2.11 bits per heavy atom. The van der Waals surface area contributed by atoms with Crippen molar-refractivity contribution < 1.29 is 38.8 Å². The number of nitrogens with two attached hydrogens (primary N) is 2. The van der Waals surface area contributed by atoms with Crippen LogP contribution in [-0.2, 0) is 37.1 Å². The second-order valence-corrected chi connectivity index (χ2v) is 13.8. The summed E-state index contributed by atoms with van der Waals surface area (Å²) >= 11 is 8.32. The molecule has 8 N–H and O–H groups in total. The Hall–Kier alpha value is -4.46. The van der Waals surface area contributed by atoms with E-state index in [-0.39, 0.29) is 33.2 Å². The highest BCUT2D eigenvalue weighted by Crippen LogP contribution is 2.40. The van der Waals surface area contributed by atoms with Crippen LogP contribution in [0.3, 0.4) is 0 Å². The molecule has 0 bridgehead atoms. The largest absolute Gasteiger partial charge is 0.478 e. The number of imidazole rings is 1. The van der Waals surface area contributed by atoms with Crippen LogP contribution in [0.4, 0.5) is 11.1 Å². The molecule has 6 rings (SSSR count). The number of carboxylic acids is 2. The summed E-state index contributed by atoms with van der Waals surface area (Å²) in [7, 11) is 0. The topological polar surface area (TPSA) is 244 Å². The number of thiazole rings is 1. The van der Waals surface area contributed by atoms with Crippen LogP contribution in [-0.4, -0.2) is 95.5 Å². The minimum absolute atomic E-state index is 0.00743. The minimum Gasteiger partial charge on any atom is -0.478 e. The zero-order chi connectivity index (χ0) is 33.6. The lowest BCUT2D eigenvalue weighted by molar-refractivity contribution is -0.664. The molecule has 17 nitrogen and oxygen atoms in total. The number of β-lactam (4-membered cyclic amide) rings is 1. The van der Waals surface area contributed by atoms with Crippen LogP contribution in [0, 0.1) is 5.92 Å². The number of amides is 2. The first-order valence-electron chi connectivity index (χ1n) is 14.4. The number of nitrogens with zero attached hydrogens (tertiary/aromatic N) is 6. The van der Waals surface area contributed by atoms with Crippen LogP contribution in [0.2, 0.25) is 4.34 Å².